The van der Waals surface area contributed by atoms with E-state index >= 15 is 0 Å². The topological polar surface area (TPSA) is 109 Å². The average molecular weight is 406 g/mol. The van der Waals surface area contributed by atoms with E-state index in [4.69, 9.17) is 11.5 Å². The quantitative estimate of drug-likeness (QED) is 0.665. The third-order valence-electron chi connectivity index (χ3n) is 5.50. The second kappa shape index (κ2) is 7.37. The zero-order valence-electron chi connectivity index (χ0n) is 16.5. The highest BCUT2D eigenvalue weighted by Crippen LogP contribution is 2.43. The van der Waals surface area contributed by atoms with Crippen molar-refractivity contribution in [2.75, 3.05) is 24.6 Å². The number of carbonyl (C=O) groups is 1. The van der Waals surface area contributed by atoms with Gasteiger partial charge in [-0.25, -0.2) is 4.98 Å². The molecule has 0 spiro atoms. The van der Waals surface area contributed by atoms with Crippen LogP contribution in [0, 0.1) is 24.2 Å². The van der Waals surface area contributed by atoms with Crippen molar-refractivity contribution in [2.45, 2.75) is 26.7 Å². The van der Waals surface area contributed by atoms with Gasteiger partial charge in [-0.15, -0.1) is 11.3 Å². The number of hydrogen-bond acceptors (Lipinski definition) is 6. The smallest absolute Gasteiger partial charge is 0.266 e. The standard InChI is InChI=1S/C22H23N5OS/c1-12-5-7-14(8-6-12)16-15(10-23)20(25)26-21-17(16)18(24)19(29-21)22(28)27-9-3-4-13(2)11-27/h5-8,13H,3-4,9,11,24H2,1-2H3,(H2,25,26). The van der Waals surface area contributed by atoms with Gasteiger partial charge in [-0.05, 0) is 31.2 Å². The van der Waals surface area contributed by atoms with E-state index in [0.717, 1.165) is 37.1 Å². The first-order valence-electron chi connectivity index (χ1n) is 9.68. The molecular formula is C22H23N5OS. The number of nitrogen functional groups attached to an aromatic ring is 2. The molecule has 148 valence electrons. The molecule has 0 radical (unpaired) electrons. The molecule has 6 nitrogen and oxygen atoms in total. The summed E-state index contributed by atoms with van der Waals surface area (Å²) in [6.45, 7) is 5.63. The van der Waals surface area contributed by atoms with Crippen LogP contribution in [-0.4, -0.2) is 28.9 Å². The predicted octanol–water partition coefficient (Wildman–Crippen LogP) is 4.18. The van der Waals surface area contributed by atoms with Crippen LogP contribution >= 0.6 is 11.3 Å². The fraction of sp³-hybridized carbons (Fsp3) is 0.318. The summed E-state index contributed by atoms with van der Waals surface area (Å²) in [5.74, 6) is 0.566. The Hall–Kier alpha value is -3.11. The first-order valence-corrected chi connectivity index (χ1v) is 10.5. The lowest BCUT2D eigenvalue weighted by Gasteiger charge is -2.30. The summed E-state index contributed by atoms with van der Waals surface area (Å²) in [7, 11) is 0. The molecule has 1 aliphatic rings. The Labute approximate surface area is 173 Å². The molecule has 1 saturated heterocycles. The van der Waals surface area contributed by atoms with E-state index in [1.54, 1.807) is 0 Å². The zero-order chi connectivity index (χ0) is 20.7. The number of amides is 1. The number of nitrogens with zero attached hydrogens (tertiary/aromatic N) is 3. The van der Waals surface area contributed by atoms with Crippen molar-refractivity contribution in [3.8, 4) is 17.2 Å². The molecule has 1 aromatic carbocycles. The molecule has 4 N–H and O–H groups in total. The molecule has 0 aliphatic carbocycles. The van der Waals surface area contributed by atoms with E-state index in [1.807, 2.05) is 36.1 Å². The van der Waals surface area contributed by atoms with Crippen LogP contribution < -0.4 is 11.5 Å². The monoisotopic (exact) mass is 405 g/mol. The van der Waals surface area contributed by atoms with Crippen molar-refractivity contribution >= 4 is 39.0 Å². The van der Waals surface area contributed by atoms with Crippen LogP contribution in [-0.2, 0) is 0 Å². The predicted molar refractivity (Wildman–Crippen MR) is 118 cm³/mol. The summed E-state index contributed by atoms with van der Waals surface area (Å²) in [4.78, 5) is 20.5. The van der Waals surface area contributed by atoms with Crippen molar-refractivity contribution < 1.29 is 4.79 Å². The van der Waals surface area contributed by atoms with Crippen molar-refractivity contribution in [1.29, 1.82) is 5.26 Å². The molecule has 4 rings (SSSR count). The minimum Gasteiger partial charge on any atom is -0.397 e. The van der Waals surface area contributed by atoms with Gasteiger partial charge in [-0.2, -0.15) is 5.26 Å². The van der Waals surface area contributed by atoms with E-state index in [2.05, 4.69) is 18.0 Å². The number of nitriles is 1. The number of fused-ring (bicyclic) bond motifs is 1. The maximum Gasteiger partial charge on any atom is 0.266 e. The van der Waals surface area contributed by atoms with Gasteiger partial charge >= 0.3 is 0 Å². The van der Waals surface area contributed by atoms with Crippen LogP contribution in [0.15, 0.2) is 24.3 Å². The molecule has 3 aromatic rings. The van der Waals surface area contributed by atoms with Gasteiger partial charge in [-0.3, -0.25) is 4.79 Å². The molecule has 1 aliphatic heterocycles. The number of thiophene rings is 1. The first kappa shape index (κ1) is 19.2. The fourth-order valence-electron chi connectivity index (χ4n) is 3.97. The third kappa shape index (κ3) is 3.30. The van der Waals surface area contributed by atoms with Crippen LogP contribution in [0.1, 0.15) is 40.6 Å². The van der Waals surface area contributed by atoms with E-state index in [0.29, 0.717) is 32.3 Å². The van der Waals surface area contributed by atoms with Gasteiger partial charge in [0, 0.05) is 24.0 Å². The Kier molecular flexibility index (Phi) is 4.89. The molecule has 29 heavy (non-hydrogen) atoms. The third-order valence-corrected chi connectivity index (χ3v) is 6.58. The zero-order valence-corrected chi connectivity index (χ0v) is 17.3. The largest absolute Gasteiger partial charge is 0.397 e. The SMILES string of the molecule is Cc1ccc(-c2c(C#N)c(N)nc3sc(C(=O)N4CCCC(C)C4)c(N)c23)cc1. The Bertz CT molecular complexity index is 1140. The number of hydrogen-bond donors (Lipinski definition) is 2. The maximum atomic E-state index is 13.2. The van der Waals surface area contributed by atoms with Crippen molar-refractivity contribution in [3.63, 3.8) is 0 Å². The maximum absolute atomic E-state index is 13.2. The molecule has 2 aromatic heterocycles. The molecule has 1 atom stereocenters. The van der Waals surface area contributed by atoms with E-state index in [9.17, 15) is 10.1 Å². The van der Waals surface area contributed by atoms with E-state index in [1.165, 1.54) is 11.3 Å². The van der Waals surface area contributed by atoms with Crippen molar-refractivity contribution in [3.05, 3.63) is 40.3 Å². The van der Waals surface area contributed by atoms with Gasteiger partial charge in [0.25, 0.3) is 5.91 Å². The highest BCUT2D eigenvalue weighted by Gasteiger charge is 2.28. The number of carbonyl (C=O) groups excluding carboxylic acids is 1. The molecule has 1 unspecified atom stereocenters. The number of pyridine rings is 1. The Morgan fingerprint density at radius 1 is 1.31 bits per heavy atom. The number of piperidine rings is 1. The lowest BCUT2D eigenvalue weighted by Crippen LogP contribution is -2.39. The molecule has 0 bridgehead atoms. The Balaban J connectivity index is 1.92. The number of rotatable bonds is 2. The van der Waals surface area contributed by atoms with E-state index < -0.39 is 0 Å². The van der Waals surface area contributed by atoms with Gasteiger partial charge in [-0.1, -0.05) is 36.8 Å². The van der Waals surface area contributed by atoms with Crippen molar-refractivity contribution in [2.24, 2.45) is 5.92 Å². The highest BCUT2D eigenvalue weighted by atomic mass is 32.1. The molecular weight excluding hydrogens is 382 g/mol. The van der Waals surface area contributed by atoms with Crippen LogP contribution in [0.5, 0.6) is 0 Å². The summed E-state index contributed by atoms with van der Waals surface area (Å²) < 4.78 is 0. The second-order valence-electron chi connectivity index (χ2n) is 7.75. The van der Waals surface area contributed by atoms with Crippen LogP contribution in [0.4, 0.5) is 11.5 Å². The summed E-state index contributed by atoms with van der Waals surface area (Å²) in [6, 6.07) is 10.00. The summed E-state index contributed by atoms with van der Waals surface area (Å²) in [5, 5.41) is 10.4. The highest BCUT2D eigenvalue weighted by molar-refractivity contribution is 7.21. The van der Waals surface area contributed by atoms with Gasteiger partial charge in [0.1, 0.15) is 27.2 Å². The first-order chi connectivity index (χ1) is 13.9. The normalized spacial score (nSPS) is 16.7. The van der Waals surface area contributed by atoms with Crippen LogP contribution in [0.3, 0.4) is 0 Å². The lowest BCUT2D eigenvalue weighted by molar-refractivity contribution is 0.0689. The Morgan fingerprint density at radius 2 is 2.03 bits per heavy atom. The number of nitrogens with two attached hydrogens (primary N) is 2. The Morgan fingerprint density at radius 3 is 2.69 bits per heavy atom. The van der Waals surface area contributed by atoms with Gasteiger partial charge < -0.3 is 16.4 Å². The number of aromatic nitrogens is 1. The molecule has 3 heterocycles. The van der Waals surface area contributed by atoms with Crippen molar-refractivity contribution in [1.82, 2.24) is 9.88 Å². The number of benzene rings is 1. The minimum atomic E-state index is -0.0658. The van der Waals surface area contributed by atoms with Crippen LogP contribution in [0.25, 0.3) is 21.3 Å². The fourth-order valence-corrected chi connectivity index (χ4v) is 5.05. The van der Waals surface area contributed by atoms with Crippen LogP contribution in [0.2, 0.25) is 0 Å². The van der Waals surface area contributed by atoms with Gasteiger partial charge in [0.05, 0.1) is 5.69 Å². The summed E-state index contributed by atoms with van der Waals surface area (Å²) >= 11 is 1.26. The lowest BCUT2D eigenvalue weighted by atomic mass is 9.96. The molecule has 1 amide bonds. The summed E-state index contributed by atoms with van der Waals surface area (Å²) in [5.41, 5.74) is 15.9. The minimum absolute atomic E-state index is 0.0658. The second-order valence-corrected chi connectivity index (χ2v) is 8.75. The molecule has 1 fully saturated rings. The molecule has 7 heteroatoms. The summed E-state index contributed by atoms with van der Waals surface area (Å²) in [6.07, 6.45) is 2.13. The average Bonchev–Trinajstić information content (AvgIpc) is 3.03. The number of aryl methyl sites for hydroxylation is 1. The molecule has 0 saturated carbocycles. The van der Waals surface area contributed by atoms with Gasteiger partial charge in [0.2, 0.25) is 0 Å². The van der Waals surface area contributed by atoms with Gasteiger partial charge in [0.15, 0.2) is 0 Å². The number of likely N-dealkylation sites (tertiary alicyclic amines) is 1. The van der Waals surface area contributed by atoms with E-state index in [-0.39, 0.29) is 17.3 Å². The number of anilines is 2.